The van der Waals surface area contributed by atoms with Crippen LogP contribution < -0.4 is 4.74 Å². The van der Waals surface area contributed by atoms with Gasteiger partial charge in [-0.05, 0) is 49.1 Å². The molecule has 0 spiro atoms. The maximum Gasteiger partial charge on any atom is 0.323 e. The quantitative estimate of drug-likeness (QED) is 0.284. The summed E-state index contributed by atoms with van der Waals surface area (Å²) in [6, 6.07) is 12.0. The fourth-order valence-corrected chi connectivity index (χ4v) is 3.66. The van der Waals surface area contributed by atoms with Gasteiger partial charge in [-0.2, -0.15) is 0 Å². The van der Waals surface area contributed by atoms with Crippen molar-refractivity contribution in [3.05, 3.63) is 51.2 Å². The van der Waals surface area contributed by atoms with E-state index in [9.17, 15) is 4.79 Å². The SMILES string of the molecule is COC(=O)C(Cl)CCCCCc1ccc(OCc2ccc(Cl)s2)cc1. The molecular weight excluding hydrogens is 379 g/mol. The van der Waals surface area contributed by atoms with Crippen molar-refractivity contribution in [2.75, 3.05) is 7.11 Å². The van der Waals surface area contributed by atoms with Gasteiger partial charge in [0.25, 0.3) is 0 Å². The van der Waals surface area contributed by atoms with Crippen molar-refractivity contribution in [3.63, 3.8) is 0 Å². The Morgan fingerprint density at radius 1 is 1.12 bits per heavy atom. The first-order valence-corrected chi connectivity index (χ1v) is 9.89. The zero-order chi connectivity index (χ0) is 18.1. The van der Waals surface area contributed by atoms with Crippen LogP contribution in [0, 0.1) is 0 Å². The molecule has 136 valence electrons. The Kier molecular flexibility index (Phi) is 8.59. The Morgan fingerprint density at radius 2 is 1.88 bits per heavy atom. The molecule has 3 nitrogen and oxygen atoms in total. The summed E-state index contributed by atoms with van der Waals surface area (Å²) in [4.78, 5) is 12.3. The van der Waals surface area contributed by atoms with Crippen LogP contribution in [0.2, 0.25) is 4.34 Å². The van der Waals surface area contributed by atoms with Crippen LogP contribution in [-0.4, -0.2) is 18.5 Å². The minimum absolute atomic E-state index is 0.345. The fourth-order valence-electron chi connectivity index (χ4n) is 2.41. The number of alkyl halides is 1. The summed E-state index contributed by atoms with van der Waals surface area (Å²) in [5, 5.41) is -0.528. The second-order valence-corrected chi connectivity index (χ2v) is 8.05. The van der Waals surface area contributed by atoms with Crippen molar-refractivity contribution in [2.24, 2.45) is 0 Å². The van der Waals surface area contributed by atoms with E-state index in [4.69, 9.17) is 27.9 Å². The number of rotatable bonds is 10. The van der Waals surface area contributed by atoms with Gasteiger partial charge in [0.1, 0.15) is 17.7 Å². The molecule has 0 N–H and O–H groups in total. The maximum atomic E-state index is 11.2. The predicted molar refractivity (Wildman–Crippen MR) is 104 cm³/mol. The Bertz CT molecular complexity index is 655. The molecule has 1 unspecified atom stereocenters. The van der Waals surface area contributed by atoms with E-state index in [2.05, 4.69) is 16.9 Å². The summed E-state index contributed by atoms with van der Waals surface area (Å²) < 4.78 is 11.1. The summed E-state index contributed by atoms with van der Waals surface area (Å²) in [7, 11) is 1.36. The number of hydrogen-bond donors (Lipinski definition) is 0. The highest BCUT2D eigenvalue weighted by molar-refractivity contribution is 7.16. The summed E-state index contributed by atoms with van der Waals surface area (Å²) in [5.74, 6) is 0.512. The van der Waals surface area contributed by atoms with Crippen molar-refractivity contribution in [1.82, 2.24) is 0 Å². The van der Waals surface area contributed by atoms with Crippen LogP contribution in [0.1, 0.15) is 36.1 Å². The van der Waals surface area contributed by atoms with Gasteiger partial charge in [-0.1, -0.05) is 36.6 Å². The average Bonchev–Trinajstić information content (AvgIpc) is 3.05. The number of hydrogen-bond acceptors (Lipinski definition) is 4. The Morgan fingerprint density at radius 3 is 2.52 bits per heavy atom. The van der Waals surface area contributed by atoms with Crippen LogP contribution in [-0.2, 0) is 22.6 Å². The molecule has 6 heteroatoms. The number of unbranched alkanes of at least 4 members (excludes halogenated alkanes) is 2. The lowest BCUT2D eigenvalue weighted by molar-refractivity contribution is -0.140. The van der Waals surface area contributed by atoms with Crippen molar-refractivity contribution in [3.8, 4) is 5.75 Å². The fraction of sp³-hybridized carbons (Fsp3) is 0.421. The highest BCUT2D eigenvalue weighted by Crippen LogP contribution is 2.23. The monoisotopic (exact) mass is 400 g/mol. The number of esters is 1. The maximum absolute atomic E-state index is 11.2. The number of carbonyl (C=O) groups is 1. The largest absolute Gasteiger partial charge is 0.488 e. The van der Waals surface area contributed by atoms with Crippen molar-refractivity contribution < 1.29 is 14.3 Å². The molecule has 1 aromatic carbocycles. The molecule has 2 rings (SSSR count). The normalized spacial score (nSPS) is 12.0. The van der Waals surface area contributed by atoms with Crippen LogP contribution >= 0.6 is 34.5 Å². The van der Waals surface area contributed by atoms with Crippen LogP contribution in [0.4, 0.5) is 0 Å². The number of benzene rings is 1. The van der Waals surface area contributed by atoms with Gasteiger partial charge in [-0.15, -0.1) is 22.9 Å². The van der Waals surface area contributed by atoms with Gasteiger partial charge in [-0.3, -0.25) is 4.79 Å². The molecule has 0 amide bonds. The third-order valence-corrected chi connectivity index (χ3v) is 5.41. The molecule has 0 saturated carbocycles. The minimum atomic E-state index is -0.528. The van der Waals surface area contributed by atoms with E-state index >= 15 is 0 Å². The first-order chi connectivity index (χ1) is 12.1. The second kappa shape index (κ2) is 10.7. The lowest BCUT2D eigenvalue weighted by Gasteiger charge is -2.08. The molecule has 0 fully saturated rings. The van der Waals surface area contributed by atoms with Crippen LogP contribution in [0.5, 0.6) is 5.75 Å². The summed E-state index contributed by atoms with van der Waals surface area (Å²) in [5.41, 5.74) is 1.28. The molecule has 0 bridgehead atoms. The lowest BCUT2D eigenvalue weighted by atomic mass is 10.1. The topological polar surface area (TPSA) is 35.5 Å². The minimum Gasteiger partial charge on any atom is -0.488 e. The lowest BCUT2D eigenvalue weighted by Crippen LogP contribution is -2.15. The van der Waals surface area contributed by atoms with Gasteiger partial charge in [-0.25, -0.2) is 0 Å². The van der Waals surface area contributed by atoms with E-state index in [0.29, 0.717) is 13.0 Å². The summed E-state index contributed by atoms with van der Waals surface area (Å²) in [6.07, 6.45) is 4.70. The average molecular weight is 401 g/mol. The number of ether oxygens (including phenoxy) is 2. The number of thiophene rings is 1. The molecule has 0 aliphatic carbocycles. The highest BCUT2D eigenvalue weighted by atomic mass is 35.5. The van der Waals surface area contributed by atoms with Gasteiger partial charge < -0.3 is 9.47 Å². The Labute approximate surface area is 162 Å². The summed E-state index contributed by atoms with van der Waals surface area (Å²) in [6.45, 7) is 0.538. The van der Waals surface area contributed by atoms with E-state index < -0.39 is 5.38 Å². The molecule has 0 saturated heterocycles. The van der Waals surface area contributed by atoms with E-state index in [0.717, 1.165) is 40.6 Å². The van der Waals surface area contributed by atoms with Gasteiger partial charge >= 0.3 is 5.97 Å². The number of carbonyl (C=O) groups excluding carboxylic acids is 1. The molecule has 0 radical (unpaired) electrons. The van der Waals surface area contributed by atoms with Crippen LogP contribution in [0.15, 0.2) is 36.4 Å². The van der Waals surface area contributed by atoms with E-state index in [1.807, 2.05) is 24.3 Å². The van der Waals surface area contributed by atoms with Crippen molar-refractivity contribution in [1.29, 1.82) is 0 Å². The Balaban J connectivity index is 1.64. The Hall–Kier alpha value is -1.23. The van der Waals surface area contributed by atoms with Crippen LogP contribution in [0.25, 0.3) is 0 Å². The number of methoxy groups -OCH3 is 1. The second-order valence-electron chi connectivity index (χ2n) is 5.73. The standard InChI is InChI=1S/C19H22Cl2O3S/c1-23-19(22)17(20)6-4-2-3-5-14-7-9-15(10-8-14)24-13-16-11-12-18(21)25-16/h7-12,17H,2-6,13H2,1H3. The third kappa shape index (κ3) is 7.27. The van der Waals surface area contributed by atoms with Gasteiger partial charge in [0.15, 0.2) is 0 Å². The van der Waals surface area contributed by atoms with Crippen LogP contribution in [0.3, 0.4) is 0 Å². The molecule has 1 heterocycles. The van der Waals surface area contributed by atoms with E-state index in [-0.39, 0.29) is 5.97 Å². The molecule has 25 heavy (non-hydrogen) atoms. The third-order valence-electron chi connectivity index (χ3n) is 3.81. The molecule has 2 aromatic rings. The van der Waals surface area contributed by atoms with Crippen molar-refractivity contribution in [2.45, 2.75) is 44.1 Å². The van der Waals surface area contributed by atoms with Gasteiger partial charge in [0, 0.05) is 4.88 Å². The molecule has 1 atom stereocenters. The zero-order valence-electron chi connectivity index (χ0n) is 14.2. The van der Waals surface area contributed by atoms with Gasteiger partial charge in [0.2, 0.25) is 0 Å². The number of aryl methyl sites for hydroxylation is 1. The number of halogens is 2. The molecule has 0 aliphatic rings. The molecular formula is C19H22Cl2O3S. The highest BCUT2D eigenvalue weighted by Gasteiger charge is 2.14. The van der Waals surface area contributed by atoms with Crippen molar-refractivity contribution >= 4 is 40.5 Å². The van der Waals surface area contributed by atoms with Gasteiger partial charge in [0.05, 0.1) is 11.4 Å². The molecule has 0 aliphatic heterocycles. The zero-order valence-corrected chi connectivity index (χ0v) is 16.5. The first kappa shape index (κ1) is 20.1. The summed E-state index contributed by atoms with van der Waals surface area (Å²) >= 11 is 13.4. The van der Waals surface area contributed by atoms with E-state index in [1.165, 1.54) is 24.0 Å². The predicted octanol–water partition coefficient (Wildman–Crippen LogP) is 5.86. The van der Waals surface area contributed by atoms with E-state index in [1.54, 1.807) is 0 Å². The first-order valence-electron chi connectivity index (χ1n) is 8.26. The smallest absolute Gasteiger partial charge is 0.323 e. The molecule has 1 aromatic heterocycles.